The van der Waals surface area contributed by atoms with E-state index >= 15 is 0 Å². The molecule has 1 amide bonds. The van der Waals surface area contributed by atoms with Gasteiger partial charge in [0, 0.05) is 0 Å². The Bertz CT molecular complexity index is 1200. The molecule has 9 nitrogen and oxygen atoms in total. The summed E-state index contributed by atoms with van der Waals surface area (Å²) < 4.78 is 20.0. The largest absolute Gasteiger partial charge is 0.507 e. The molecule has 0 spiro atoms. The van der Waals surface area contributed by atoms with Gasteiger partial charge in [0.25, 0.3) is 5.91 Å². The van der Waals surface area contributed by atoms with Crippen LogP contribution in [0.4, 0.5) is 4.39 Å². The van der Waals surface area contributed by atoms with Crippen LogP contribution in [0.3, 0.4) is 0 Å². The van der Waals surface area contributed by atoms with Crippen molar-refractivity contribution in [1.82, 2.24) is 15.1 Å². The van der Waals surface area contributed by atoms with Gasteiger partial charge in [0.2, 0.25) is 0 Å². The maximum Gasteiger partial charge on any atom is 0.326 e. The Labute approximate surface area is 189 Å². The van der Waals surface area contributed by atoms with Crippen LogP contribution in [-0.2, 0) is 4.79 Å². The Morgan fingerprint density at radius 1 is 1.30 bits per heavy atom. The lowest BCUT2D eigenvalue weighted by Crippen LogP contribution is -2.41. The molecule has 10 heteroatoms. The molecule has 1 aromatic carbocycles. The van der Waals surface area contributed by atoms with Gasteiger partial charge in [-0.25, -0.2) is 9.48 Å². The highest BCUT2D eigenvalue weighted by Gasteiger charge is 2.25. The topological polar surface area (TPSA) is 140 Å². The van der Waals surface area contributed by atoms with Crippen molar-refractivity contribution in [2.24, 2.45) is 5.73 Å². The summed E-state index contributed by atoms with van der Waals surface area (Å²) in [6.45, 7) is 0.418. The van der Waals surface area contributed by atoms with Crippen molar-refractivity contribution >= 4 is 17.6 Å². The third-order valence-electron chi connectivity index (χ3n) is 4.90. The van der Waals surface area contributed by atoms with E-state index in [4.69, 9.17) is 10.5 Å². The fraction of sp³-hybridized carbons (Fsp3) is 0.261. The van der Waals surface area contributed by atoms with E-state index in [0.717, 1.165) is 6.08 Å². The molecule has 0 aliphatic heterocycles. The number of halogens is 1. The van der Waals surface area contributed by atoms with Crippen molar-refractivity contribution in [2.75, 3.05) is 13.7 Å². The molecule has 1 atom stereocenters. The quantitative estimate of drug-likeness (QED) is 0.320. The molecule has 1 aromatic heterocycles. The van der Waals surface area contributed by atoms with E-state index in [1.54, 1.807) is 12.1 Å². The second kappa shape index (κ2) is 10.5. The number of aromatic hydroxyl groups is 1. The zero-order valence-electron chi connectivity index (χ0n) is 17.8. The summed E-state index contributed by atoms with van der Waals surface area (Å²) >= 11 is 0. The molecule has 0 fully saturated rings. The van der Waals surface area contributed by atoms with Crippen LogP contribution < -0.4 is 15.8 Å². The van der Waals surface area contributed by atoms with Crippen molar-refractivity contribution in [1.29, 1.82) is 0 Å². The minimum atomic E-state index is -1.18. The zero-order chi connectivity index (χ0) is 24.0. The number of phenolic OH excluding ortho intramolecular Hbond substituents is 1. The van der Waals surface area contributed by atoms with Gasteiger partial charge in [-0.1, -0.05) is 6.07 Å². The number of phenols is 1. The van der Waals surface area contributed by atoms with Crippen LogP contribution in [-0.4, -0.2) is 51.6 Å². The third kappa shape index (κ3) is 5.39. The molecular formula is C23H23FN4O5. The number of methoxy groups -OCH3 is 1. The van der Waals surface area contributed by atoms with Crippen LogP contribution in [0, 0.1) is 0 Å². The summed E-state index contributed by atoms with van der Waals surface area (Å²) in [5.74, 6) is -2.37. The van der Waals surface area contributed by atoms with Crippen molar-refractivity contribution < 1.29 is 28.9 Å². The Morgan fingerprint density at radius 3 is 2.73 bits per heavy atom. The van der Waals surface area contributed by atoms with E-state index in [-0.39, 0.29) is 34.8 Å². The zero-order valence-corrected chi connectivity index (χ0v) is 17.8. The van der Waals surface area contributed by atoms with Gasteiger partial charge in [0.15, 0.2) is 11.5 Å². The summed E-state index contributed by atoms with van der Waals surface area (Å²) in [6, 6.07) is 4.90. The first-order chi connectivity index (χ1) is 15.8. The molecule has 0 saturated carbocycles. The van der Waals surface area contributed by atoms with Gasteiger partial charge >= 0.3 is 5.97 Å². The first-order valence-corrected chi connectivity index (χ1v) is 10.2. The molecule has 0 bridgehead atoms. The van der Waals surface area contributed by atoms with Crippen molar-refractivity contribution in [3.63, 3.8) is 0 Å². The highest BCUT2D eigenvalue weighted by Crippen LogP contribution is 2.39. The minimum Gasteiger partial charge on any atom is -0.507 e. The predicted molar refractivity (Wildman–Crippen MR) is 118 cm³/mol. The van der Waals surface area contributed by atoms with Gasteiger partial charge in [-0.05, 0) is 67.6 Å². The molecular weight excluding hydrogens is 431 g/mol. The van der Waals surface area contributed by atoms with Crippen LogP contribution in [0.15, 0.2) is 53.7 Å². The number of rotatable bonds is 10. The number of nitrogens with two attached hydrogens (primary N) is 1. The molecule has 1 aliphatic carbocycles. The molecule has 33 heavy (non-hydrogen) atoms. The number of benzene rings is 1. The second-order valence-corrected chi connectivity index (χ2v) is 7.15. The number of ether oxygens (including phenoxy) is 1. The highest BCUT2D eigenvalue weighted by atomic mass is 19.1. The Hall–Kier alpha value is -4.10. The lowest BCUT2D eigenvalue weighted by molar-refractivity contribution is -0.139. The fourth-order valence-electron chi connectivity index (χ4n) is 3.27. The number of carboxylic acids is 1. The number of carboxylic acid groups (broad SMARTS) is 1. The van der Waals surface area contributed by atoms with E-state index in [0.29, 0.717) is 25.1 Å². The van der Waals surface area contributed by atoms with Crippen molar-refractivity contribution in [3.05, 3.63) is 59.4 Å². The number of allylic oxidation sites excluding steroid dienone is 4. The van der Waals surface area contributed by atoms with Gasteiger partial charge in [-0.3, -0.25) is 4.79 Å². The minimum absolute atomic E-state index is 0.113. The average molecular weight is 454 g/mol. The molecule has 172 valence electrons. The fourth-order valence-corrected chi connectivity index (χ4v) is 3.27. The van der Waals surface area contributed by atoms with E-state index in [1.165, 1.54) is 30.0 Å². The van der Waals surface area contributed by atoms with E-state index in [1.807, 2.05) is 0 Å². The molecule has 0 radical (unpaired) electrons. The smallest absolute Gasteiger partial charge is 0.326 e. The molecule has 1 aliphatic rings. The normalized spacial score (nSPS) is 13.3. The van der Waals surface area contributed by atoms with E-state index < -0.39 is 23.7 Å². The van der Waals surface area contributed by atoms with Crippen LogP contribution in [0.2, 0.25) is 0 Å². The number of aliphatic carboxylic acids is 1. The SMILES string of the molecule is COc1cccc(O)c1-c1cc(C(=O)N[C@@H](CCCCN)C(=O)O)nn1C1=C=C=C(F)C=C1. The maximum absolute atomic E-state index is 13.4. The number of hydrogen-bond acceptors (Lipinski definition) is 6. The van der Waals surface area contributed by atoms with Gasteiger partial charge in [-0.15, -0.1) is 0 Å². The van der Waals surface area contributed by atoms with Gasteiger partial charge in [0.05, 0.1) is 18.4 Å². The predicted octanol–water partition coefficient (Wildman–Crippen LogP) is 2.59. The van der Waals surface area contributed by atoms with E-state index in [9.17, 15) is 24.2 Å². The number of nitrogens with one attached hydrogen (secondary N) is 1. The Balaban J connectivity index is 2.06. The van der Waals surface area contributed by atoms with Crippen molar-refractivity contribution in [3.8, 4) is 22.8 Å². The van der Waals surface area contributed by atoms with Crippen LogP contribution in [0.1, 0.15) is 29.8 Å². The first kappa shape index (κ1) is 23.6. The number of aromatic nitrogens is 2. The lowest BCUT2D eigenvalue weighted by Gasteiger charge is -2.13. The molecule has 1 heterocycles. The van der Waals surface area contributed by atoms with Crippen molar-refractivity contribution in [2.45, 2.75) is 25.3 Å². The van der Waals surface area contributed by atoms with E-state index in [2.05, 4.69) is 21.9 Å². The van der Waals surface area contributed by atoms with Gasteiger partial charge in [-0.2, -0.15) is 9.49 Å². The first-order valence-electron chi connectivity index (χ1n) is 10.2. The third-order valence-corrected chi connectivity index (χ3v) is 4.90. The molecule has 0 saturated heterocycles. The number of carbonyl (C=O) groups is 2. The number of hydrogen-bond donors (Lipinski definition) is 4. The summed E-state index contributed by atoms with van der Waals surface area (Å²) in [5, 5.41) is 26.7. The number of nitrogens with zero attached hydrogens (tertiary/aromatic N) is 2. The number of unbranched alkanes of at least 4 members (excludes halogenated alkanes) is 1. The lowest BCUT2D eigenvalue weighted by atomic mass is 10.1. The second-order valence-electron chi connectivity index (χ2n) is 7.15. The van der Waals surface area contributed by atoms with Crippen LogP contribution >= 0.6 is 0 Å². The number of amides is 1. The summed E-state index contributed by atoms with van der Waals surface area (Å²) in [6.07, 6.45) is 3.89. The molecule has 2 aromatic rings. The summed E-state index contributed by atoms with van der Waals surface area (Å²) in [4.78, 5) is 24.4. The number of carbonyl (C=O) groups excluding carboxylic acids is 1. The standard InChI is InChI=1S/C23H23FN4O5/c1-33-20-7-4-6-19(29)21(20)18-13-17(27-28(18)15-10-8-14(24)9-11-15)22(30)26-16(23(31)32)5-2-3-12-25/h4,6-8,10,13,16,29H,2-3,5,12,25H2,1H3,(H,26,30)(H,31,32)/t16-/m0/s1. The molecule has 5 N–H and O–H groups in total. The monoisotopic (exact) mass is 454 g/mol. The summed E-state index contributed by atoms with van der Waals surface area (Å²) in [7, 11) is 1.42. The Morgan fingerprint density at radius 2 is 2.09 bits per heavy atom. The van der Waals surface area contributed by atoms with Crippen LogP contribution in [0.5, 0.6) is 11.5 Å². The average Bonchev–Trinajstić information content (AvgIpc) is 3.23. The maximum atomic E-state index is 13.4. The molecule has 3 rings (SSSR count). The highest BCUT2D eigenvalue weighted by molar-refractivity contribution is 5.96. The Kier molecular flexibility index (Phi) is 7.48. The van der Waals surface area contributed by atoms with Crippen LogP contribution in [0.25, 0.3) is 17.0 Å². The summed E-state index contributed by atoms with van der Waals surface area (Å²) in [5.41, 5.74) is 11.0. The van der Waals surface area contributed by atoms with Gasteiger partial charge < -0.3 is 26.0 Å². The molecule has 0 unspecified atom stereocenters. The van der Waals surface area contributed by atoms with Gasteiger partial charge in [0.1, 0.15) is 23.2 Å².